The molecule has 1 atom stereocenters. The molecule has 0 aliphatic carbocycles. The van der Waals surface area contributed by atoms with E-state index < -0.39 is 0 Å². The average molecular weight is 285 g/mol. The van der Waals surface area contributed by atoms with Crippen LogP contribution >= 0.6 is 0 Å². The number of hydrogen-bond acceptors (Lipinski definition) is 2. The second-order valence-corrected chi connectivity index (χ2v) is 5.72. The molecule has 1 N–H and O–H groups in total. The Labute approximate surface area is 128 Å². The molecule has 1 aromatic heterocycles. The summed E-state index contributed by atoms with van der Waals surface area (Å²) in [5.74, 6) is 0. The third-order valence-electron chi connectivity index (χ3n) is 3.79. The first-order valence-electron chi connectivity index (χ1n) is 8.13. The van der Waals surface area contributed by atoms with Gasteiger partial charge in [-0.15, -0.1) is 0 Å². The lowest BCUT2D eigenvalue weighted by molar-refractivity contribution is 0.479. The Kier molecular flexibility index (Phi) is 6.48. The van der Waals surface area contributed by atoms with Crippen molar-refractivity contribution < 1.29 is 0 Å². The average Bonchev–Trinajstić information content (AvgIpc) is 2.99. The lowest BCUT2D eigenvalue weighted by Crippen LogP contribution is -2.25. The molecule has 0 aliphatic rings. The minimum absolute atomic E-state index is 0.559. The molecule has 21 heavy (non-hydrogen) atoms. The van der Waals surface area contributed by atoms with Gasteiger partial charge < -0.3 is 5.32 Å². The molecule has 0 bridgehead atoms. The van der Waals surface area contributed by atoms with Gasteiger partial charge in [-0.25, -0.2) is 4.68 Å². The summed E-state index contributed by atoms with van der Waals surface area (Å²) >= 11 is 0. The molecule has 0 spiro atoms. The number of hydrogen-bond donors (Lipinski definition) is 1. The van der Waals surface area contributed by atoms with Gasteiger partial charge in [0.25, 0.3) is 0 Å². The molecule has 0 aliphatic heterocycles. The molecule has 0 fully saturated rings. The zero-order valence-electron chi connectivity index (χ0n) is 13.3. The van der Waals surface area contributed by atoms with Crippen LogP contribution in [0.25, 0.3) is 5.69 Å². The van der Waals surface area contributed by atoms with E-state index in [1.807, 2.05) is 29.1 Å². The molecule has 2 aromatic rings. The molecule has 2 rings (SSSR count). The van der Waals surface area contributed by atoms with Crippen LogP contribution in [0.4, 0.5) is 0 Å². The third kappa shape index (κ3) is 5.35. The van der Waals surface area contributed by atoms with Gasteiger partial charge in [0.15, 0.2) is 0 Å². The second-order valence-electron chi connectivity index (χ2n) is 5.72. The third-order valence-corrected chi connectivity index (χ3v) is 3.79. The molecule has 1 aromatic carbocycles. The number of unbranched alkanes of at least 4 members (excludes halogenated alkanes) is 3. The van der Waals surface area contributed by atoms with E-state index in [4.69, 9.17) is 0 Å². The fourth-order valence-electron chi connectivity index (χ4n) is 2.44. The number of benzene rings is 1. The van der Waals surface area contributed by atoms with Crippen LogP contribution in [0.15, 0.2) is 42.6 Å². The summed E-state index contributed by atoms with van der Waals surface area (Å²) in [6, 6.07) is 12.9. The lowest BCUT2D eigenvalue weighted by Gasteiger charge is -2.12. The molecule has 3 nitrogen and oxygen atoms in total. The van der Waals surface area contributed by atoms with Crippen molar-refractivity contribution in [1.29, 1.82) is 0 Å². The highest BCUT2D eigenvalue weighted by Crippen LogP contribution is 2.08. The number of rotatable bonds is 9. The van der Waals surface area contributed by atoms with Gasteiger partial charge in [-0.1, -0.05) is 50.8 Å². The molecule has 0 saturated carbocycles. The summed E-state index contributed by atoms with van der Waals surface area (Å²) in [6.45, 7) is 5.36. The molecule has 0 amide bonds. The monoisotopic (exact) mass is 285 g/mol. The van der Waals surface area contributed by atoms with Crippen LogP contribution in [-0.2, 0) is 6.54 Å². The van der Waals surface area contributed by atoms with E-state index in [1.165, 1.54) is 32.1 Å². The molecule has 0 saturated heterocycles. The maximum Gasteiger partial charge on any atom is 0.0766 e. The molecular weight excluding hydrogens is 258 g/mol. The Balaban J connectivity index is 1.75. The quantitative estimate of drug-likeness (QED) is 0.695. The number of aromatic nitrogens is 2. The normalized spacial score (nSPS) is 12.5. The number of nitrogens with one attached hydrogen (secondary N) is 1. The number of para-hydroxylation sites is 1. The smallest absolute Gasteiger partial charge is 0.0766 e. The zero-order chi connectivity index (χ0) is 14.9. The summed E-state index contributed by atoms with van der Waals surface area (Å²) in [6.07, 6.45) is 8.61. The summed E-state index contributed by atoms with van der Waals surface area (Å²) in [4.78, 5) is 0. The van der Waals surface area contributed by atoms with Crippen molar-refractivity contribution in [2.75, 3.05) is 0 Å². The van der Waals surface area contributed by atoms with Crippen LogP contribution in [0, 0.1) is 0 Å². The van der Waals surface area contributed by atoms with Crippen molar-refractivity contribution >= 4 is 0 Å². The number of nitrogens with zero attached hydrogens (tertiary/aromatic N) is 2. The van der Waals surface area contributed by atoms with E-state index in [9.17, 15) is 0 Å². The van der Waals surface area contributed by atoms with Gasteiger partial charge in [0.05, 0.1) is 11.4 Å². The highest BCUT2D eigenvalue weighted by Gasteiger charge is 2.04. The minimum atomic E-state index is 0.559. The van der Waals surface area contributed by atoms with Gasteiger partial charge in [0, 0.05) is 18.8 Å². The molecule has 0 radical (unpaired) electrons. The molecule has 1 heterocycles. The Morgan fingerprint density at radius 1 is 1.10 bits per heavy atom. The van der Waals surface area contributed by atoms with E-state index in [0.717, 1.165) is 17.9 Å². The fourth-order valence-corrected chi connectivity index (χ4v) is 2.44. The molecule has 114 valence electrons. The summed E-state index contributed by atoms with van der Waals surface area (Å²) in [7, 11) is 0. The Bertz CT molecular complexity index is 504. The first kappa shape index (κ1) is 15.8. The molecule has 1 unspecified atom stereocenters. The molecule has 3 heteroatoms. The lowest BCUT2D eigenvalue weighted by atomic mass is 10.1. The SMILES string of the molecule is CCCCCCC(C)NCc1ccn(-c2ccccc2)n1. The van der Waals surface area contributed by atoms with Crippen molar-refractivity contribution in [1.82, 2.24) is 15.1 Å². The van der Waals surface area contributed by atoms with Gasteiger partial charge >= 0.3 is 0 Å². The highest BCUT2D eigenvalue weighted by molar-refractivity contribution is 5.30. The Hall–Kier alpha value is -1.61. The van der Waals surface area contributed by atoms with E-state index in [1.54, 1.807) is 0 Å². The van der Waals surface area contributed by atoms with Crippen LogP contribution in [0.1, 0.15) is 51.6 Å². The summed E-state index contributed by atoms with van der Waals surface area (Å²) < 4.78 is 1.93. The van der Waals surface area contributed by atoms with Gasteiger partial charge in [0.2, 0.25) is 0 Å². The standard InChI is InChI=1S/C18H27N3/c1-3-4-5-7-10-16(2)19-15-17-13-14-21(20-17)18-11-8-6-9-12-18/h6,8-9,11-14,16,19H,3-5,7,10,15H2,1-2H3. The van der Waals surface area contributed by atoms with E-state index in [0.29, 0.717) is 6.04 Å². The van der Waals surface area contributed by atoms with Crippen molar-refractivity contribution in [3.05, 3.63) is 48.3 Å². The van der Waals surface area contributed by atoms with Gasteiger partial charge in [-0.05, 0) is 31.5 Å². The van der Waals surface area contributed by atoms with Gasteiger partial charge in [-0.2, -0.15) is 5.10 Å². The summed E-state index contributed by atoms with van der Waals surface area (Å²) in [5, 5.41) is 8.18. The highest BCUT2D eigenvalue weighted by atomic mass is 15.3. The predicted molar refractivity (Wildman–Crippen MR) is 88.6 cm³/mol. The Morgan fingerprint density at radius 3 is 2.67 bits per heavy atom. The maximum absolute atomic E-state index is 4.62. The van der Waals surface area contributed by atoms with Crippen LogP contribution in [0.5, 0.6) is 0 Å². The first-order chi connectivity index (χ1) is 10.3. The van der Waals surface area contributed by atoms with Crippen molar-refractivity contribution in [3.8, 4) is 5.69 Å². The Morgan fingerprint density at radius 2 is 1.90 bits per heavy atom. The van der Waals surface area contributed by atoms with Crippen LogP contribution in [-0.4, -0.2) is 15.8 Å². The van der Waals surface area contributed by atoms with E-state index in [2.05, 4.69) is 42.5 Å². The zero-order valence-corrected chi connectivity index (χ0v) is 13.3. The second kappa shape index (κ2) is 8.63. The van der Waals surface area contributed by atoms with Crippen molar-refractivity contribution in [3.63, 3.8) is 0 Å². The van der Waals surface area contributed by atoms with Gasteiger partial charge in [0.1, 0.15) is 0 Å². The summed E-state index contributed by atoms with van der Waals surface area (Å²) in [5.41, 5.74) is 2.20. The van der Waals surface area contributed by atoms with Crippen LogP contribution in [0.2, 0.25) is 0 Å². The van der Waals surface area contributed by atoms with Crippen molar-refractivity contribution in [2.24, 2.45) is 0 Å². The van der Waals surface area contributed by atoms with Crippen LogP contribution in [0.3, 0.4) is 0 Å². The minimum Gasteiger partial charge on any atom is -0.309 e. The fraction of sp³-hybridized carbons (Fsp3) is 0.500. The first-order valence-corrected chi connectivity index (χ1v) is 8.13. The van der Waals surface area contributed by atoms with E-state index >= 15 is 0 Å². The van der Waals surface area contributed by atoms with Crippen LogP contribution < -0.4 is 5.32 Å². The predicted octanol–water partition coefficient (Wildman–Crippen LogP) is 4.32. The van der Waals surface area contributed by atoms with Crippen molar-refractivity contribution in [2.45, 2.75) is 58.5 Å². The van der Waals surface area contributed by atoms with Gasteiger partial charge in [-0.3, -0.25) is 0 Å². The topological polar surface area (TPSA) is 29.9 Å². The molecular formula is C18H27N3. The maximum atomic E-state index is 4.62. The largest absolute Gasteiger partial charge is 0.309 e. The van der Waals surface area contributed by atoms with E-state index in [-0.39, 0.29) is 0 Å².